The largest absolute Gasteiger partial charge is 0.441 e. The van der Waals surface area contributed by atoms with Crippen LogP contribution in [0.2, 0.25) is 0 Å². The SMILES string of the molecule is O=C(Cn1ccccc1=O)NCCSC(F)(F)F. The standard InChI is InChI=1S/C10H11F3N2O2S/c11-10(12,13)18-6-4-14-8(16)7-15-5-2-1-3-9(15)17/h1-3,5H,4,6-7H2,(H,14,16). The maximum Gasteiger partial charge on any atom is 0.441 e. The smallest absolute Gasteiger partial charge is 0.354 e. The van der Waals surface area contributed by atoms with E-state index in [0.717, 1.165) is 0 Å². The zero-order valence-corrected chi connectivity index (χ0v) is 10.1. The van der Waals surface area contributed by atoms with Gasteiger partial charge in [0.25, 0.3) is 5.56 Å². The average molecular weight is 280 g/mol. The molecule has 1 N–H and O–H groups in total. The second-order valence-corrected chi connectivity index (χ2v) is 4.47. The Morgan fingerprint density at radius 2 is 2.11 bits per heavy atom. The molecule has 0 radical (unpaired) electrons. The number of amides is 1. The molecule has 1 rings (SSSR count). The molecular formula is C10H11F3N2O2S. The van der Waals surface area contributed by atoms with Crippen molar-refractivity contribution in [3.63, 3.8) is 0 Å². The molecule has 0 bridgehead atoms. The van der Waals surface area contributed by atoms with Gasteiger partial charge in [-0.3, -0.25) is 9.59 Å². The van der Waals surface area contributed by atoms with E-state index >= 15 is 0 Å². The lowest BCUT2D eigenvalue weighted by Crippen LogP contribution is -2.33. The molecule has 1 amide bonds. The fraction of sp³-hybridized carbons (Fsp3) is 0.400. The number of aromatic nitrogens is 1. The van der Waals surface area contributed by atoms with E-state index in [9.17, 15) is 22.8 Å². The number of rotatable bonds is 5. The molecular weight excluding hydrogens is 269 g/mol. The Bertz CT molecular complexity index is 459. The lowest BCUT2D eigenvalue weighted by atomic mass is 10.4. The van der Waals surface area contributed by atoms with Crippen LogP contribution in [0.4, 0.5) is 13.2 Å². The molecule has 1 aromatic heterocycles. The first kappa shape index (κ1) is 14.6. The summed E-state index contributed by atoms with van der Waals surface area (Å²) in [4.78, 5) is 22.6. The van der Waals surface area contributed by atoms with Gasteiger partial charge in [-0.2, -0.15) is 13.2 Å². The average Bonchev–Trinajstić information content (AvgIpc) is 2.26. The Hall–Kier alpha value is -1.44. The zero-order chi connectivity index (χ0) is 13.6. The van der Waals surface area contributed by atoms with Crippen molar-refractivity contribution < 1.29 is 18.0 Å². The number of hydrogen-bond acceptors (Lipinski definition) is 3. The molecule has 0 aliphatic heterocycles. The minimum atomic E-state index is -4.29. The van der Waals surface area contributed by atoms with Crippen LogP contribution in [-0.4, -0.2) is 28.3 Å². The van der Waals surface area contributed by atoms with Crippen molar-refractivity contribution >= 4 is 17.7 Å². The normalized spacial score (nSPS) is 11.3. The van der Waals surface area contributed by atoms with Gasteiger partial charge in [0.05, 0.1) is 0 Å². The molecule has 0 aliphatic carbocycles. The molecule has 18 heavy (non-hydrogen) atoms. The molecule has 0 fully saturated rings. The summed E-state index contributed by atoms with van der Waals surface area (Å²) in [5, 5.41) is 2.31. The Labute approximate surface area is 105 Å². The van der Waals surface area contributed by atoms with Crippen LogP contribution in [-0.2, 0) is 11.3 Å². The van der Waals surface area contributed by atoms with Gasteiger partial charge in [0.1, 0.15) is 6.54 Å². The van der Waals surface area contributed by atoms with Crippen LogP contribution < -0.4 is 10.9 Å². The Balaban J connectivity index is 2.31. The highest BCUT2D eigenvalue weighted by Crippen LogP contribution is 2.29. The van der Waals surface area contributed by atoms with E-state index in [-0.39, 0.29) is 36.2 Å². The van der Waals surface area contributed by atoms with Crippen LogP contribution in [0.15, 0.2) is 29.2 Å². The van der Waals surface area contributed by atoms with Gasteiger partial charge in [0.2, 0.25) is 5.91 Å². The van der Waals surface area contributed by atoms with E-state index in [1.165, 1.54) is 22.9 Å². The summed E-state index contributed by atoms with van der Waals surface area (Å²) >= 11 is -0.198. The second-order valence-electron chi connectivity index (χ2n) is 3.31. The molecule has 0 saturated carbocycles. The fourth-order valence-electron chi connectivity index (χ4n) is 1.16. The molecule has 1 heterocycles. The number of thioether (sulfide) groups is 1. The maximum absolute atomic E-state index is 11.8. The first-order chi connectivity index (χ1) is 8.38. The van der Waals surface area contributed by atoms with Crippen LogP contribution in [0.3, 0.4) is 0 Å². The Kier molecular flexibility index (Phi) is 5.26. The van der Waals surface area contributed by atoms with Crippen molar-refractivity contribution in [2.24, 2.45) is 0 Å². The van der Waals surface area contributed by atoms with Crippen molar-refractivity contribution in [3.8, 4) is 0 Å². The van der Waals surface area contributed by atoms with Crippen molar-refractivity contribution in [3.05, 3.63) is 34.7 Å². The zero-order valence-electron chi connectivity index (χ0n) is 9.24. The fourth-order valence-corrected chi connectivity index (χ4v) is 1.59. The van der Waals surface area contributed by atoms with Gasteiger partial charge < -0.3 is 9.88 Å². The predicted molar refractivity (Wildman–Crippen MR) is 62.2 cm³/mol. The van der Waals surface area contributed by atoms with E-state index in [1.54, 1.807) is 6.07 Å². The summed E-state index contributed by atoms with van der Waals surface area (Å²) in [5.41, 5.74) is -4.63. The van der Waals surface area contributed by atoms with Gasteiger partial charge in [-0.15, -0.1) is 0 Å². The van der Waals surface area contributed by atoms with Gasteiger partial charge >= 0.3 is 5.51 Å². The number of alkyl halides is 3. The summed E-state index contributed by atoms with van der Waals surface area (Å²) in [6.45, 7) is -0.291. The molecule has 0 saturated heterocycles. The molecule has 1 aromatic rings. The third-order valence-corrected chi connectivity index (χ3v) is 2.64. The quantitative estimate of drug-likeness (QED) is 0.825. The molecule has 0 spiro atoms. The van der Waals surface area contributed by atoms with Crippen molar-refractivity contribution in [1.29, 1.82) is 0 Å². The number of carbonyl (C=O) groups excluding carboxylic acids is 1. The van der Waals surface area contributed by atoms with E-state index in [2.05, 4.69) is 5.32 Å². The molecule has 100 valence electrons. The molecule has 0 aliphatic rings. The lowest BCUT2D eigenvalue weighted by Gasteiger charge is -2.08. The Morgan fingerprint density at radius 3 is 2.72 bits per heavy atom. The minimum Gasteiger partial charge on any atom is -0.354 e. The first-order valence-electron chi connectivity index (χ1n) is 5.01. The summed E-state index contributed by atoms with van der Waals surface area (Å²) in [7, 11) is 0. The van der Waals surface area contributed by atoms with Gasteiger partial charge in [0.15, 0.2) is 0 Å². The van der Waals surface area contributed by atoms with E-state index in [4.69, 9.17) is 0 Å². The van der Waals surface area contributed by atoms with Gasteiger partial charge in [-0.05, 0) is 17.8 Å². The topological polar surface area (TPSA) is 51.1 Å². The molecule has 0 unspecified atom stereocenters. The number of halogens is 3. The summed E-state index contributed by atoms with van der Waals surface area (Å²) in [5.74, 6) is -0.745. The van der Waals surface area contributed by atoms with Crippen LogP contribution in [0, 0.1) is 0 Å². The summed E-state index contributed by atoms with van der Waals surface area (Å²) in [6.07, 6.45) is 1.44. The van der Waals surface area contributed by atoms with Crippen LogP contribution in [0.1, 0.15) is 0 Å². The lowest BCUT2D eigenvalue weighted by molar-refractivity contribution is -0.121. The van der Waals surface area contributed by atoms with Gasteiger partial charge in [-0.25, -0.2) is 0 Å². The van der Waals surface area contributed by atoms with Crippen LogP contribution in [0.25, 0.3) is 0 Å². The van der Waals surface area contributed by atoms with Gasteiger partial charge in [0, 0.05) is 24.6 Å². The highest BCUT2D eigenvalue weighted by Gasteiger charge is 2.27. The van der Waals surface area contributed by atoms with Crippen molar-refractivity contribution in [2.75, 3.05) is 12.3 Å². The number of carbonyl (C=O) groups is 1. The molecule has 0 aromatic carbocycles. The molecule has 4 nitrogen and oxygen atoms in total. The van der Waals surface area contributed by atoms with Crippen LogP contribution >= 0.6 is 11.8 Å². The number of pyridine rings is 1. The van der Waals surface area contributed by atoms with Crippen molar-refractivity contribution in [1.82, 2.24) is 9.88 Å². The third kappa shape index (κ3) is 5.76. The number of hydrogen-bond donors (Lipinski definition) is 1. The van der Waals surface area contributed by atoms with Crippen molar-refractivity contribution in [2.45, 2.75) is 12.1 Å². The Morgan fingerprint density at radius 1 is 1.39 bits per heavy atom. The molecule has 0 atom stereocenters. The summed E-state index contributed by atoms with van der Waals surface area (Å²) < 4.78 is 36.5. The highest BCUT2D eigenvalue weighted by atomic mass is 32.2. The van der Waals surface area contributed by atoms with E-state index in [0.29, 0.717) is 0 Å². The number of nitrogens with zero attached hydrogens (tertiary/aromatic N) is 1. The van der Waals surface area contributed by atoms with E-state index in [1.807, 2.05) is 0 Å². The first-order valence-corrected chi connectivity index (χ1v) is 6.00. The summed E-state index contributed by atoms with van der Waals surface area (Å²) in [6, 6.07) is 4.43. The maximum atomic E-state index is 11.8. The monoisotopic (exact) mass is 280 g/mol. The van der Waals surface area contributed by atoms with Gasteiger partial charge in [-0.1, -0.05) is 6.07 Å². The molecule has 8 heteroatoms. The van der Waals surface area contributed by atoms with Crippen LogP contribution in [0.5, 0.6) is 0 Å². The highest BCUT2D eigenvalue weighted by molar-refractivity contribution is 8.00. The predicted octanol–water partition coefficient (Wildman–Crippen LogP) is 1.22. The van der Waals surface area contributed by atoms with E-state index < -0.39 is 11.4 Å². The third-order valence-electron chi connectivity index (χ3n) is 1.90. The second kappa shape index (κ2) is 6.48. The number of nitrogens with one attached hydrogen (secondary N) is 1. The minimum absolute atomic E-state index is 0.0927.